The van der Waals surface area contributed by atoms with Crippen molar-refractivity contribution in [3.05, 3.63) is 0 Å². The Bertz CT molecular complexity index is 23.2. The van der Waals surface area contributed by atoms with Gasteiger partial charge in [-0.15, -0.1) is 0 Å². The average molecular weight is 72.8 g/mol. The van der Waals surface area contributed by atoms with E-state index in [2.05, 4.69) is 4.66 Å². The van der Waals surface area contributed by atoms with E-state index in [1.165, 1.54) is 0 Å². The van der Waals surface area contributed by atoms with E-state index in [1.807, 2.05) is 6.66 Å². The molecule has 4 heavy (non-hydrogen) atoms. The van der Waals surface area contributed by atoms with Crippen LogP contribution in [-0.4, -0.2) is 14.6 Å². The minimum atomic E-state index is 1.12. The Morgan fingerprint density at radius 2 is 2.25 bits per heavy atom. The first-order chi connectivity index (χ1) is 1.91. The van der Waals surface area contributed by atoms with Crippen LogP contribution in [0.5, 0.6) is 0 Å². The van der Waals surface area contributed by atoms with Crippen LogP contribution in [0.3, 0.4) is 0 Å². The molecule has 0 aromatic heterocycles. The molecular weight excluding hydrogens is 67.8 g/mol. The Balaban J connectivity index is 2.55. The van der Waals surface area contributed by atoms with E-state index in [9.17, 15) is 0 Å². The molecular formula is CH5BNP. The summed E-state index contributed by atoms with van der Waals surface area (Å²) in [7, 11) is 2.92. The zero-order valence-corrected chi connectivity index (χ0v) is 3.79. The van der Waals surface area contributed by atoms with Gasteiger partial charge in [0.1, 0.15) is 0 Å². The molecule has 0 rings (SSSR count). The van der Waals surface area contributed by atoms with E-state index >= 15 is 0 Å². The monoisotopic (exact) mass is 73.0 g/mol. The van der Waals surface area contributed by atoms with Gasteiger partial charge in [0.2, 0.25) is 7.98 Å². The minimum absolute atomic E-state index is 1.12. The number of hydrogen-bond acceptors (Lipinski definition) is 1. The van der Waals surface area contributed by atoms with Crippen LogP contribution in [-0.2, 0) is 0 Å². The summed E-state index contributed by atoms with van der Waals surface area (Å²) >= 11 is 0. The molecule has 0 unspecified atom stereocenters. The van der Waals surface area contributed by atoms with E-state index in [1.54, 1.807) is 7.98 Å². The Morgan fingerprint density at radius 1 is 2.00 bits per heavy atom. The van der Waals surface area contributed by atoms with Crippen LogP contribution >= 0.6 is 8.37 Å². The third kappa shape index (κ3) is 2.16. The summed E-state index contributed by atoms with van der Waals surface area (Å²) in [6.45, 7) is 1.99. The lowest BCUT2D eigenvalue weighted by atomic mass is 10.5. The Kier molecular flexibility index (Phi) is 3.30. The van der Waals surface area contributed by atoms with Crippen LogP contribution in [0.4, 0.5) is 0 Å². The van der Waals surface area contributed by atoms with Crippen LogP contribution in [0.25, 0.3) is 0 Å². The van der Waals surface area contributed by atoms with Crippen LogP contribution < -0.4 is 0 Å². The zero-order chi connectivity index (χ0) is 3.41. The number of nitrogens with zero attached hydrogens (tertiary/aromatic N) is 1. The molecule has 0 fully saturated rings. The minimum Gasteiger partial charge on any atom is -0.337 e. The van der Waals surface area contributed by atoms with Crippen molar-refractivity contribution in [2.45, 2.75) is 0 Å². The van der Waals surface area contributed by atoms with E-state index in [4.69, 9.17) is 0 Å². The number of hydrogen-bond donors (Lipinski definition) is 0. The quantitative estimate of drug-likeness (QED) is 0.288. The molecule has 3 heteroatoms. The second kappa shape index (κ2) is 3.16. The third-order valence-electron chi connectivity index (χ3n) is 0.200. The van der Waals surface area contributed by atoms with Crippen LogP contribution in [0.1, 0.15) is 0 Å². The van der Waals surface area contributed by atoms with Gasteiger partial charge in [-0.1, -0.05) is 0 Å². The predicted molar refractivity (Wildman–Crippen MR) is 23.8 cm³/mol. The van der Waals surface area contributed by atoms with Crippen molar-refractivity contribution >= 4 is 16.4 Å². The van der Waals surface area contributed by atoms with E-state index in [0.29, 0.717) is 0 Å². The lowest BCUT2D eigenvalue weighted by Gasteiger charge is -1.51. The summed E-state index contributed by atoms with van der Waals surface area (Å²) < 4.78 is 3.71. The summed E-state index contributed by atoms with van der Waals surface area (Å²) in [5, 5.41) is 0. The molecule has 0 aliphatic carbocycles. The van der Waals surface area contributed by atoms with Crippen molar-refractivity contribution in [2.75, 3.05) is 6.66 Å². The van der Waals surface area contributed by atoms with Gasteiger partial charge in [0.05, 0.1) is 0 Å². The standard InChI is InChI=1S/CH5BNP/c1-4-3-2/h2H2,1H3. The van der Waals surface area contributed by atoms with Gasteiger partial charge in [-0.05, 0) is 15.0 Å². The molecule has 0 N–H and O–H groups in total. The van der Waals surface area contributed by atoms with Crippen molar-refractivity contribution < 1.29 is 0 Å². The van der Waals surface area contributed by atoms with Gasteiger partial charge in [0.25, 0.3) is 0 Å². The molecule has 0 saturated heterocycles. The average Bonchev–Trinajstić information content (AvgIpc) is 1.37. The van der Waals surface area contributed by atoms with Crippen molar-refractivity contribution in [2.24, 2.45) is 4.66 Å². The highest BCUT2D eigenvalue weighted by Gasteiger charge is 1.36. The zero-order valence-electron chi connectivity index (χ0n) is 2.89. The molecule has 0 amide bonds. The summed E-state index contributed by atoms with van der Waals surface area (Å²) in [5.74, 6) is 0. The summed E-state index contributed by atoms with van der Waals surface area (Å²) in [6.07, 6.45) is 0. The number of rotatable bonds is 0. The fourth-order valence-corrected chi connectivity index (χ4v) is 0. The largest absolute Gasteiger partial charge is 0.337 e. The lowest BCUT2D eigenvalue weighted by Crippen LogP contribution is -1.30. The van der Waals surface area contributed by atoms with Crippen molar-refractivity contribution in [3.63, 3.8) is 0 Å². The Morgan fingerprint density at radius 3 is 2.25 bits per heavy atom. The maximum absolute atomic E-state index is 3.71. The molecule has 0 aromatic rings. The molecule has 1 nitrogen and oxygen atoms in total. The van der Waals surface area contributed by atoms with Gasteiger partial charge in [0, 0.05) is 0 Å². The van der Waals surface area contributed by atoms with Gasteiger partial charge in [-0.2, -0.15) is 0 Å². The molecule has 0 radical (unpaired) electrons. The van der Waals surface area contributed by atoms with E-state index in [-0.39, 0.29) is 0 Å². The maximum Gasteiger partial charge on any atom is 0.250 e. The Labute approximate surface area is 28.7 Å². The first-order valence-electron chi connectivity index (χ1n) is 1.09. The second-order valence-corrected chi connectivity index (χ2v) is 1.20. The summed E-state index contributed by atoms with van der Waals surface area (Å²) in [5.41, 5.74) is 0. The van der Waals surface area contributed by atoms with Crippen LogP contribution in [0.2, 0.25) is 0 Å². The van der Waals surface area contributed by atoms with Crippen molar-refractivity contribution in [1.29, 1.82) is 0 Å². The van der Waals surface area contributed by atoms with Gasteiger partial charge in [-0.25, -0.2) is 0 Å². The Hall–Kier alpha value is 0.165. The highest BCUT2D eigenvalue weighted by molar-refractivity contribution is 7.26. The molecule has 0 atom stereocenters. The summed E-state index contributed by atoms with van der Waals surface area (Å²) in [6, 6.07) is 0. The molecule has 0 aliphatic heterocycles. The predicted octanol–water partition coefficient (Wildman–Crippen LogP) is 0.294. The first-order valence-corrected chi connectivity index (χ1v) is 2.39. The smallest absolute Gasteiger partial charge is 0.250 e. The van der Waals surface area contributed by atoms with Crippen molar-refractivity contribution in [1.82, 2.24) is 0 Å². The normalized spacial score (nSPS) is 9.25. The fraction of sp³-hybridized carbons (Fsp3) is 1.00. The van der Waals surface area contributed by atoms with Crippen LogP contribution in [0, 0.1) is 0 Å². The highest BCUT2D eigenvalue weighted by Crippen LogP contribution is 1.80. The van der Waals surface area contributed by atoms with E-state index < -0.39 is 0 Å². The molecule has 0 spiro atoms. The van der Waals surface area contributed by atoms with Crippen LogP contribution in [0.15, 0.2) is 4.66 Å². The molecule has 0 heterocycles. The summed E-state index contributed by atoms with van der Waals surface area (Å²) in [4.78, 5) is 0. The third-order valence-corrected chi connectivity index (χ3v) is 0.600. The maximum atomic E-state index is 3.71. The lowest BCUT2D eigenvalue weighted by molar-refractivity contribution is 2.02. The first kappa shape index (κ1) is 4.16. The molecule has 0 saturated carbocycles. The van der Waals surface area contributed by atoms with Gasteiger partial charge < -0.3 is 4.66 Å². The highest BCUT2D eigenvalue weighted by atomic mass is 31.1. The fourth-order valence-electron chi connectivity index (χ4n) is 0. The second-order valence-electron chi connectivity index (χ2n) is 0.400. The SMILES string of the molecule is B/N=P/C. The van der Waals surface area contributed by atoms with Gasteiger partial charge in [-0.3, -0.25) is 0 Å². The molecule has 0 bridgehead atoms. The van der Waals surface area contributed by atoms with Gasteiger partial charge in [0.15, 0.2) is 0 Å². The molecule has 0 aliphatic rings. The molecule has 22 valence electrons. The topological polar surface area (TPSA) is 12.4 Å². The van der Waals surface area contributed by atoms with E-state index in [0.717, 1.165) is 8.37 Å². The van der Waals surface area contributed by atoms with Crippen molar-refractivity contribution in [3.8, 4) is 0 Å². The van der Waals surface area contributed by atoms with Gasteiger partial charge >= 0.3 is 0 Å². The molecule has 0 aromatic carbocycles.